The van der Waals surface area contributed by atoms with Crippen molar-refractivity contribution in [1.82, 2.24) is 5.32 Å². The Hall–Kier alpha value is -1.91. The van der Waals surface area contributed by atoms with E-state index in [4.69, 9.17) is 5.11 Å². The molecule has 0 aromatic rings. The van der Waals surface area contributed by atoms with Gasteiger partial charge < -0.3 is 5.11 Å². The lowest BCUT2D eigenvalue weighted by Gasteiger charge is -2.22. The smallest absolute Gasteiger partial charge is 0.335 e. The van der Waals surface area contributed by atoms with Gasteiger partial charge in [-0.05, 0) is 18.8 Å². The predicted molar refractivity (Wildman–Crippen MR) is 63.5 cm³/mol. The summed E-state index contributed by atoms with van der Waals surface area (Å²) in [6, 6.07) is 0. The molecule has 1 heterocycles. The Kier molecular flexibility index (Phi) is 3.32. The van der Waals surface area contributed by atoms with E-state index in [0.29, 0.717) is 5.57 Å². The molecule has 2 rings (SSSR count). The molecule has 0 atom stereocenters. The minimum atomic E-state index is -1.26. The standard InChI is InChI=1S/C13H15NO4/c1-7(13(17)18)9-10(12(16)14-11(9)15)8-5-3-2-4-6-8/h8H,1-6H2,(H,17,18)(H,14,15,16). The summed E-state index contributed by atoms with van der Waals surface area (Å²) in [5.41, 5.74) is 0.00502. The molecule has 1 aliphatic carbocycles. The summed E-state index contributed by atoms with van der Waals surface area (Å²) in [6.45, 7) is 3.40. The first kappa shape index (κ1) is 12.5. The highest BCUT2D eigenvalue weighted by atomic mass is 16.4. The second-order valence-corrected chi connectivity index (χ2v) is 4.69. The zero-order valence-corrected chi connectivity index (χ0v) is 9.99. The number of hydrogen-bond donors (Lipinski definition) is 2. The number of rotatable bonds is 3. The van der Waals surface area contributed by atoms with Gasteiger partial charge in [-0.1, -0.05) is 25.8 Å². The second-order valence-electron chi connectivity index (χ2n) is 4.69. The lowest BCUT2D eigenvalue weighted by molar-refractivity contribution is -0.133. The Morgan fingerprint density at radius 3 is 2.33 bits per heavy atom. The highest BCUT2D eigenvalue weighted by Crippen LogP contribution is 2.35. The summed E-state index contributed by atoms with van der Waals surface area (Å²) in [5, 5.41) is 11.1. The van der Waals surface area contributed by atoms with Gasteiger partial charge in [0, 0.05) is 5.57 Å². The molecule has 0 aromatic carbocycles. The third-order valence-corrected chi connectivity index (χ3v) is 3.54. The van der Waals surface area contributed by atoms with Crippen molar-refractivity contribution in [2.24, 2.45) is 5.92 Å². The van der Waals surface area contributed by atoms with Crippen LogP contribution in [0.2, 0.25) is 0 Å². The van der Waals surface area contributed by atoms with Crippen molar-refractivity contribution in [3.05, 3.63) is 23.3 Å². The maximum Gasteiger partial charge on any atom is 0.335 e. The molecular weight excluding hydrogens is 234 g/mol. The molecular formula is C13H15NO4. The van der Waals surface area contributed by atoms with Crippen molar-refractivity contribution in [2.45, 2.75) is 32.1 Å². The number of imide groups is 1. The molecule has 2 aliphatic rings. The summed E-state index contributed by atoms with van der Waals surface area (Å²) < 4.78 is 0. The fraction of sp³-hybridized carbons (Fsp3) is 0.462. The first-order chi connectivity index (χ1) is 8.52. The normalized spacial score (nSPS) is 21.1. The van der Waals surface area contributed by atoms with E-state index in [2.05, 4.69) is 11.9 Å². The minimum Gasteiger partial charge on any atom is -0.478 e. The zero-order chi connectivity index (χ0) is 13.3. The molecule has 0 bridgehead atoms. The summed E-state index contributed by atoms with van der Waals surface area (Å²) in [7, 11) is 0. The van der Waals surface area contributed by atoms with Crippen LogP contribution in [0.4, 0.5) is 0 Å². The van der Waals surface area contributed by atoms with E-state index in [1.165, 1.54) is 0 Å². The maximum absolute atomic E-state index is 11.8. The Bertz CT molecular complexity index is 469. The summed E-state index contributed by atoms with van der Waals surface area (Å²) in [4.78, 5) is 34.4. The van der Waals surface area contributed by atoms with Gasteiger partial charge >= 0.3 is 5.97 Å². The molecule has 0 unspecified atom stereocenters. The van der Waals surface area contributed by atoms with E-state index in [1.807, 2.05) is 0 Å². The fourth-order valence-electron chi connectivity index (χ4n) is 2.66. The topological polar surface area (TPSA) is 83.5 Å². The number of nitrogens with one attached hydrogen (secondary N) is 1. The minimum absolute atomic E-state index is 0.0173. The highest BCUT2D eigenvalue weighted by Gasteiger charge is 2.38. The van der Waals surface area contributed by atoms with Gasteiger partial charge in [-0.3, -0.25) is 14.9 Å². The van der Waals surface area contributed by atoms with Crippen LogP contribution in [-0.4, -0.2) is 22.9 Å². The molecule has 0 aromatic heterocycles. The number of hydrogen-bond acceptors (Lipinski definition) is 3. The van der Waals surface area contributed by atoms with Crippen LogP contribution in [0.5, 0.6) is 0 Å². The molecule has 18 heavy (non-hydrogen) atoms. The number of carboxylic acids is 1. The van der Waals surface area contributed by atoms with Gasteiger partial charge in [0.2, 0.25) is 0 Å². The largest absolute Gasteiger partial charge is 0.478 e. The van der Waals surface area contributed by atoms with Gasteiger partial charge in [0.15, 0.2) is 0 Å². The molecule has 0 spiro atoms. The van der Waals surface area contributed by atoms with Crippen LogP contribution in [-0.2, 0) is 14.4 Å². The summed E-state index contributed by atoms with van der Waals surface area (Å²) in [6.07, 6.45) is 4.78. The Balaban J connectivity index is 2.41. The van der Waals surface area contributed by atoms with Crippen LogP contribution in [0.15, 0.2) is 23.3 Å². The van der Waals surface area contributed by atoms with Gasteiger partial charge in [0.1, 0.15) is 0 Å². The van der Waals surface area contributed by atoms with Crippen LogP contribution in [0, 0.1) is 5.92 Å². The van der Waals surface area contributed by atoms with Crippen molar-refractivity contribution < 1.29 is 19.5 Å². The van der Waals surface area contributed by atoms with E-state index in [0.717, 1.165) is 32.1 Å². The van der Waals surface area contributed by atoms with Gasteiger partial charge in [-0.25, -0.2) is 4.79 Å². The van der Waals surface area contributed by atoms with E-state index < -0.39 is 17.8 Å². The molecule has 2 amide bonds. The highest BCUT2D eigenvalue weighted by molar-refractivity contribution is 6.24. The van der Waals surface area contributed by atoms with Crippen LogP contribution in [0.25, 0.3) is 0 Å². The molecule has 1 aliphatic heterocycles. The van der Waals surface area contributed by atoms with Crippen molar-refractivity contribution >= 4 is 17.8 Å². The fourth-order valence-corrected chi connectivity index (χ4v) is 2.66. The Morgan fingerprint density at radius 1 is 1.17 bits per heavy atom. The van der Waals surface area contributed by atoms with Crippen molar-refractivity contribution in [2.75, 3.05) is 0 Å². The summed E-state index contributed by atoms with van der Waals surface area (Å²) >= 11 is 0. The molecule has 1 saturated carbocycles. The number of carboxylic acid groups (broad SMARTS) is 1. The van der Waals surface area contributed by atoms with Gasteiger partial charge in [-0.15, -0.1) is 0 Å². The van der Waals surface area contributed by atoms with Crippen LogP contribution >= 0.6 is 0 Å². The average Bonchev–Trinajstić information content (AvgIpc) is 2.64. The molecule has 5 nitrogen and oxygen atoms in total. The Labute approximate surface area is 105 Å². The number of carbonyl (C=O) groups is 3. The third-order valence-electron chi connectivity index (χ3n) is 3.54. The quantitative estimate of drug-likeness (QED) is 0.580. The average molecular weight is 249 g/mol. The van der Waals surface area contributed by atoms with E-state index in [9.17, 15) is 14.4 Å². The van der Waals surface area contributed by atoms with Crippen molar-refractivity contribution in [1.29, 1.82) is 0 Å². The van der Waals surface area contributed by atoms with Crippen molar-refractivity contribution in [3.8, 4) is 0 Å². The lowest BCUT2D eigenvalue weighted by Crippen LogP contribution is -2.25. The maximum atomic E-state index is 11.8. The number of aliphatic carboxylic acids is 1. The van der Waals surface area contributed by atoms with E-state index >= 15 is 0 Å². The molecule has 0 saturated heterocycles. The monoisotopic (exact) mass is 249 g/mol. The Morgan fingerprint density at radius 2 is 1.78 bits per heavy atom. The molecule has 1 fully saturated rings. The third kappa shape index (κ3) is 2.08. The van der Waals surface area contributed by atoms with Gasteiger partial charge in [0.05, 0.1) is 11.1 Å². The lowest BCUT2D eigenvalue weighted by atomic mass is 9.81. The molecule has 96 valence electrons. The molecule has 0 radical (unpaired) electrons. The summed E-state index contributed by atoms with van der Waals surface area (Å²) in [5.74, 6) is -2.36. The second kappa shape index (κ2) is 4.76. The van der Waals surface area contributed by atoms with E-state index in [-0.39, 0.29) is 17.1 Å². The SMILES string of the molecule is C=C(C(=O)O)C1=C(C2CCCCC2)C(=O)NC1=O. The van der Waals surface area contributed by atoms with Crippen LogP contribution in [0.3, 0.4) is 0 Å². The van der Waals surface area contributed by atoms with Crippen molar-refractivity contribution in [3.63, 3.8) is 0 Å². The first-order valence-corrected chi connectivity index (χ1v) is 6.04. The zero-order valence-electron chi connectivity index (χ0n) is 9.99. The first-order valence-electron chi connectivity index (χ1n) is 6.04. The predicted octanol–water partition coefficient (Wildman–Crippen LogP) is 1.16. The molecule has 2 N–H and O–H groups in total. The number of carbonyl (C=O) groups excluding carboxylic acids is 2. The van der Waals surface area contributed by atoms with Crippen LogP contribution in [0.1, 0.15) is 32.1 Å². The number of amides is 2. The van der Waals surface area contributed by atoms with Crippen LogP contribution < -0.4 is 5.32 Å². The van der Waals surface area contributed by atoms with Gasteiger partial charge in [0.25, 0.3) is 11.8 Å². The van der Waals surface area contributed by atoms with E-state index in [1.54, 1.807) is 0 Å². The van der Waals surface area contributed by atoms with Gasteiger partial charge in [-0.2, -0.15) is 0 Å². The molecule has 5 heteroatoms.